The summed E-state index contributed by atoms with van der Waals surface area (Å²) >= 11 is 0. The highest BCUT2D eigenvalue weighted by Crippen LogP contribution is 2.42. The molecule has 6 aliphatic rings. The number of benzene rings is 2. The van der Waals surface area contributed by atoms with Gasteiger partial charge >= 0.3 is 0 Å². The largest absolute Gasteiger partial charge is 0.371 e. The number of rotatable bonds is 6. The summed E-state index contributed by atoms with van der Waals surface area (Å²) in [5.41, 5.74) is 5.61. The van der Waals surface area contributed by atoms with Gasteiger partial charge in [0.1, 0.15) is 12.2 Å². The van der Waals surface area contributed by atoms with Crippen LogP contribution in [0.2, 0.25) is 0 Å². The normalized spacial score (nSPS) is 22.8. The molecule has 58 heavy (non-hydrogen) atoms. The Morgan fingerprint density at radius 2 is 1.43 bits per heavy atom. The van der Waals surface area contributed by atoms with E-state index in [1.165, 1.54) is 0 Å². The number of nitrogens with one attached hydrogen (secondary N) is 1. The fraction of sp³-hybridized carbons (Fsp3) is 0.477. The Morgan fingerprint density at radius 3 is 2.12 bits per heavy atom. The summed E-state index contributed by atoms with van der Waals surface area (Å²) in [6.07, 6.45) is 7.14. The number of piperidine rings is 3. The van der Waals surface area contributed by atoms with E-state index in [2.05, 4.69) is 52.9 Å². The van der Waals surface area contributed by atoms with Crippen LogP contribution in [-0.2, 0) is 9.59 Å². The maximum atomic E-state index is 13.6. The number of aromatic nitrogens is 1. The van der Waals surface area contributed by atoms with Gasteiger partial charge in [-0.1, -0.05) is 6.57 Å². The number of fused-ring (bicyclic) bond motifs is 1. The lowest BCUT2D eigenvalue weighted by Crippen LogP contribution is -2.54. The summed E-state index contributed by atoms with van der Waals surface area (Å²) in [4.78, 5) is 84.7. The smallest absolute Gasteiger partial charge is 0.272 e. The topological polar surface area (TPSA) is 134 Å². The summed E-state index contributed by atoms with van der Waals surface area (Å²) in [6, 6.07) is 15.1. The number of hydrogen-bond donors (Lipinski definition) is 1. The molecule has 5 amide bonds. The molecule has 0 saturated carbocycles. The average Bonchev–Trinajstić information content (AvgIpc) is 3.77. The highest BCUT2D eigenvalue weighted by Gasteiger charge is 2.45. The van der Waals surface area contributed by atoms with Crippen molar-refractivity contribution in [2.24, 2.45) is 5.41 Å². The van der Waals surface area contributed by atoms with Crippen LogP contribution in [0, 0.1) is 18.9 Å². The second kappa shape index (κ2) is 15.2. The number of aryl methyl sites for hydroxylation is 1. The molecule has 9 rings (SSSR count). The lowest BCUT2D eigenvalue weighted by Gasteiger charge is -2.44. The van der Waals surface area contributed by atoms with Crippen LogP contribution in [0.15, 0.2) is 54.7 Å². The number of hydrogen-bond acceptors (Lipinski definition) is 10. The first-order chi connectivity index (χ1) is 28.1. The van der Waals surface area contributed by atoms with E-state index >= 15 is 0 Å². The van der Waals surface area contributed by atoms with Crippen molar-refractivity contribution in [3.05, 3.63) is 88.4 Å². The van der Waals surface area contributed by atoms with Crippen LogP contribution in [0.25, 0.3) is 4.85 Å². The molecule has 1 N–H and O–H groups in total. The summed E-state index contributed by atoms with van der Waals surface area (Å²) in [6.45, 7) is 18.2. The third-order valence-corrected chi connectivity index (χ3v) is 13.6. The first-order valence-electron chi connectivity index (χ1n) is 20.7. The zero-order valence-corrected chi connectivity index (χ0v) is 33.0. The number of imide groups is 2. The molecule has 0 radical (unpaired) electrons. The lowest BCUT2D eigenvalue weighted by atomic mass is 9.77. The van der Waals surface area contributed by atoms with Gasteiger partial charge in [0.25, 0.3) is 23.5 Å². The number of likely N-dealkylation sites (tertiary alicyclic amines) is 1. The Balaban J connectivity index is 0.731. The molecule has 14 heteroatoms. The van der Waals surface area contributed by atoms with E-state index in [4.69, 9.17) is 6.57 Å². The average molecular weight is 784 g/mol. The molecule has 1 unspecified atom stereocenters. The van der Waals surface area contributed by atoms with Gasteiger partial charge in [-0.15, -0.1) is 4.98 Å². The van der Waals surface area contributed by atoms with Crippen LogP contribution in [-0.4, -0.2) is 127 Å². The second-order valence-corrected chi connectivity index (χ2v) is 16.9. The molecule has 7 heterocycles. The molecule has 6 aliphatic heterocycles. The van der Waals surface area contributed by atoms with Crippen molar-refractivity contribution in [2.75, 3.05) is 80.1 Å². The number of nitrogens with zero attached hydrogens (tertiary/aromatic N) is 8. The first-order valence-corrected chi connectivity index (χ1v) is 20.7. The molecular weight excluding hydrogens is 735 g/mol. The van der Waals surface area contributed by atoms with Gasteiger partial charge in [-0.2, -0.15) is 0 Å². The molecule has 300 valence electrons. The van der Waals surface area contributed by atoms with Crippen molar-refractivity contribution in [3.8, 4) is 0 Å². The van der Waals surface area contributed by atoms with Gasteiger partial charge in [0.15, 0.2) is 0 Å². The van der Waals surface area contributed by atoms with Crippen LogP contribution in [0.4, 0.5) is 22.9 Å². The summed E-state index contributed by atoms with van der Waals surface area (Å²) in [7, 11) is 0. The van der Waals surface area contributed by atoms with E-state index in [1.807, 2.05) is 36.2 Å². The SMILES string of the molecule is [C-]#[N+]c1ncc(N2CCC3(CCN(C(=O)c4ccc(N5CCN(C6CCN(c7ccc8c(c7)C(=O)N(C7CCC(=O)NC7=O)C8=O)CC6)CC5)cc4)CC3)C2)cc1C. The minimum absolute atomic E-state index is 0.0955. The molecular formula is C44H49N9O5. The third kappa shape index (κ3) is 6.95. The number of anilines is 3. The van der Waals surface area contributed by atoms with E-state index in [-0.39, 0.29) is 30.1 Å². The minimum Gasteiger partial charge on any atom is -0.371 e. The lowest BCUT2D eigenvalue weighted by molar-refractivity contribution is -0.136. The van der Waals surface area contributed by atoms with Crippen molar-refractivity contribution in [1.29, 1.82) is 0 Å². The van der Waals surface area contributed by atoms with Gasteiger partial charge in [0.05, 0.1) is 16.8 Å². The fourth-order valence-electron chi connectivity index (χ4n) is 10.1. The Bertz CT molecular complexity index is 2190. The molecule has 3 aromatic rings. The first kappa shape index (κ1) is 37.7. The van der Waals surface area contributed by atoms with Gasteiger partial charge in [-0.25, -0.2) is 0 Å². The van der Waals surface area contributed by atoms with E-state index in [1.54, 1.807) is 12.1 Å². The molecule has 1 aromatic heterocycles. The van der Waals surface area contributed by atoms with E-state index in [9.17, 15) is 24.0 Å². The van der Waals surface area contributed by atoms with Gasteiger partial charge in [-0.05, 0) is 105 Å². The number of piperazine rings is 1. The van der Waals surface area contributed by atoms with Crippen molar-refractivity contribution < 1.29 is 24.0 Å². The van der Waals surface area contributed by atoms with Crippen molar-refractivity contribution >= 4 is 52.4 Å². The predicted molar refractivity (Wildman–Crippen MR) is 218 cm³/mol. The van der Waals surface area contributed by atoms with Crippen molar-refractivity contribution in [2.45, 2.75) is 64.0 Å². The molecule has 0 bridgehead atoms. The van der Waals surface area contributed by atoms with Gasteiger partial charge in [0.2, 0.25) is 11.8 Å². The maximum absolute atomic E-state index is 13.6. The van der Waals surface area contributed by atoms with E-state index in [0.29, 0.717) is 23.0 Å². The highest BCUT2D eigenvalue weighted by atomic mass is 16.2. The van der Waals surface area contributed by atoms with Gasteiger partial charge in [-0.3, -0.25) is 39.1 Å². The van der Waals surface area contributed by atoms with Crippen LogP contribution in [0.3, 0.4) is 0 Å². The quantitative estimate of drug-likeness (QED) is 0.286. The van der Waals surface area contributed by atoms with Crippen molar-refractivity contribution in [1.82, 2.24) is 25.0 Å². The van der Waals surface area contributed by atoms with Crippen LogP contribution >= 0.6 is 0 Å². The van der Waals surface area contributed by atoms with Crippen LogP contribution in [0.5, 0.6) is 0 Å². The highest BCUT2D eigenvalue weighted by molar-refractivity contribution is 6.23. The minimum atomic E-state index is -0.969. The number of carbonyl (C=O) groups excluding carboxylic acids is 5. The summed E-state index contributed by atoms with van der Waals surface area (Å²) in [5, 5.41) is 2.25. The number of amides is 5. The number of carbonyl (C=O) groups is 5. The monoisotopic (exact) mass is 783 g/mol. The molecule has 5 fully saturated rings. The molecule has 2 aromatic carbocycles. The zero-order valence-electron chi connectivity index (χ0n) is 33.0. The number of pyridine rings is 1. The molecule has 14 nitrogen and oxygen atoms in total. The standard InChI is InChI=1S/C44H49N9O5/c1-29-25-34(27-46-39(29)45-2)52-20-15-44(28-52)13-18-51(19-14-44)41(56)30-3-5-31(6-4-30)49-21-23-50(24-22-49)32-11-16-48(17-12-32)33-7-8-35-36(26-33)43(58)53(42(35)57)37-9-10-38(54)47-40(37)55/h3-8,25-27,32,37H,9-24,28H2,1H3,(H,47,54,55). The predicted octanol–water partition coefficient (Wildman–Crippen LogP) is 4.27. The summed E-state index contributed by atoms with van der Waals surface area (Å²) < 4.78 is 0. The Kier molecular flexibility index (Phi) is 9.87. The van der Waals surface area contributed by atoms with Gasteiger partial charge in [0, 0.05) is 94.8 Å². The Hall–Kier alpha value is -5.81. The zero-order chi connectivity index (χ0) is 40.1. The second-order valence-electron chi connectivity index (χ2n) is 16.9. The molecule has 5 saturated heterocycles. The summed E-state index contributed by atoms with van der Waals surface area (Å²) in [5.74, 6) is -1.38. The van der Waals surface area contributed by atoms with E-state index < -0.39 is 23.8 Å². The maximum Gasteiger partial charge on any atom is 0.272 e. The van der Waals surface area contributed by atoms with Gasteiger partial charge < -0.3 is 24.4 Å². The molecule has 0 aliphatic carbocycles. The molecule has 1 atom stereocenters. The third-order valence-electron chi connectivity index (χ3n) is 13.6. The van der Waals surface area contributed by atoms with Crippen LogP contribution < -0.4 is 20.0 Å². The Morgan fingerprint density at radius 1 is 0.759 bits per heavy atom. The van der Waals surface area contributed by atoms with E-state index in [0.717, 1.165) is 131 Å². The van der Waals surface area contributed by atoms with Crippen molar-refractivity contribution in [3.63, 3.8) is 0 Å². The fourth-order valence-corrected chi connectivity index (χ4v) is 10.1. The van der Waals surface area contributed by atoms with Crippen LogP contribution in [0.1, 0.15) is 81.6 Å². The molecule has 1 spiro atoms. The Labute approximate surface area is 338 Å².